The third-order valence-corrected chi connectivity index (χ3v) is 4.13. The highest BCUT2D eigenvalue weighted by atomic mass is 35.5. The maximum Gasteiger partial charge on any atom is 0.185 e. The summed E-state index contributed by atoms with van der Waals surface area (Å²) >= 11 is 6.00. The fraction of sp³-hybridized carbons (Fsp3) is 0.333. The zero-order valence-electron chi connectivity index (χ0n) is 15.0. The van der Waals surface area contributed by atoms with Gasteiger partial charge in [-0.25, -0.2) is 14.6 Å². The highest BCUT2D eigenvalue weighted by Gasteiger charge is 2.25. The minimum atomic E-state index is -1.36. The number of aliphatic hydroxyl groups is 1. The van der Waals surface area contributed by atoms with E-state index in [4.69, 9.17) is 16.7 Å². The lowest BCUT2D eigenvalue weighted by Gasteiger charge is -2.19. The second kappa shape index (κ2) is 6.66. The van der Waals surface area contributed by atoms with Crippen molar-refractivity contribution in [3.05, 3.63) is 35.6 Å². The molecule has 3 aromatic rings. The number of hydrogen-bond acceptors (Lipinski definition) is 6. The smallest absolute Gasteiger partial charge is 0.185 e. The average Bonchev–Trinajstić information content (AvgIpc) is 2.96. The van der Waals surface area contributed by atoms with E-state index in [1.807, 2.05) is 32.9 Å². The molecule has 0 aliphatic carbocycles. The zero-order chi connectivity index (χ0) is 19.1. The molecule has 0 spiro atoms. The van der Waals surface area contributed by atoms with E-state index in [2.05, 4.69) is 15.3 Å². The maximum atomic E-state index is 11.4. The van der Waals surface area contributed by atoms with Crippen LogP contribution in [-0.2, 0) is 10.3 Å². The number of benzene rings is 1. The first kappa shape index (κ1) is 18.3. The summed E-state index contributed by atoms with van der Waals surface area (Å²) in [5.41, 5.74) is 1.76. The number of rotatable bonds is 4. The largest absolute Gasteiger partial charge is 0.367 e. The van der Waals surface area contributed by atoms with Gasteiger partial charge in [-0.1, -0.05) is 23.7 Å². The Bertz CT molecular complexity index is 960. The molecule has 1 aromatic carbocycles. The fourth-order valence-corrected chi connectivity index (χ4v) is 2.70. The van der Waals surface area contributed by atoms with Crippen molar-refractivity contribution in [2.24, 2.45) is 0 Å². The highest BCUT2D eigenvalue weighted by molar-refractivity contribution is 6.30. The summed E-state index contributed by atoms with van der Waals surface area (Å²) in [5, 5.41) is 18.7. The van der Waals surface area contributed by atoms with Gasteiger partial charge in [0, 0.05) is 10.6 Å². The topological polar surface area (TPSA) is 92.9 Å². The van der Waals surface area contributed by atoms with Crippen molar-refractivity contribution in [1.82, 2.24) is 19.7 Å². The van der Waals surface area contributed by atoms with E-state index in [1.165, 1.54) is 13.3 Å². The molecule has 0 aliphatic heterocycles. The fourth-order valence-electron chi connectivity index (χ4n) is 2.57. The predicted octanol–water partition coefficient (Wildman–Crippen LogP) is 3.22. The van der Waals surface area contributed by atoms with Crippen LogP contribution in [-0.4, -0.2) is 36.9 Å². The van der Waals surface area contributed by atoms with E-state index < -0.39 is 12.0 Å². The third-order valence-electron chi connectivity index (χ3n) is 3.88. The Morgan fingerprint density at radius 3 is 2.46 bits per heavy atom. The molecule has 0 saturated heterocycles. The van der Waals surface area contributed by atoms with Crippen LogP contribution in [0.1, 0.15) is 27.7 Å². The number of carbonyl (C=O) groups is 1. The van der Waals surface area contributed by atoms with Gasteiger partial charge in [0.15, 0.2) is 17.7 Å². The zero-order valence-corrected chi connectivity index (χ0v) is 15.7. The molecule has 0 aliphatic rings. The summed E-state index contributed by atoms with van der Waals surface area (Å²) < 4.78 is 1.80. The molecule has 136 valence electrons. The lowest BCUT2D eigenvalue weighted by atomic mass is 10.1. The van der Waals surface area contributed by atoms with E-state index >= 15 is 0 Å². The van der Waals surface area contributed by atoms with Gasteiger partial charge in [0.2, 0.25) is 0 Å². The summed E-state index contributed by atoms with van der Waals surface area (Å²) in [6.07, 6.45) is 0.0248. The van der Waals surface area contributed by atoms with Crippen molar-refractivity contribution >= 4 is 34.2 Å². The number of aromatic nitrogens is 4. The molecule has 0 amide bonds. The Hall–Kier alpha value is -2.51. The van der Waals surface area contributed by atoms with E-state index in [9.17, 15) is 9.90 Å². The van der Waals surface area contributed by atoms with Crippen LogP contribution in [0.25, 0.3) is 22.3 Å². The lowest BCUT2D eigenvalue weighted by Crippen LogP contribution is -2.27. The summed E-state index contributed by atoms with van der Waals surface area (Å²) in [6.45, 7) is 7.36. The second-order valence-corrected chi connectivity index (χ2v) is 7.45. The molecule has 0 bridgehead atoms. The molecular weight excluding hydrogens is 354 g/mol. The number of aliphatic hydroxyl groups excluding tert-OH is 1. The van der Waals surface area contributed by atoms with Crippen molar-refractivity contribution in [2.75, 3.05) is 5.32 Å². The summed E-state index contributed by atoms with van der Waals surface area (Å²) in [6, 6.07) is 7.27. The summed E-state index contributed by atoms with van der Waals surface area (Å²) in [5.74, 6) is -0.0637. The standard InChI is InChI=1S/C18H20ClN5O2/c1-10(25)17(26)22-15-13-14(11-5-7-12(19)8-6-11)23-24(18(2,3)4)16(13)21-9-20-15/h5-9,17,26H,1-4H3,(H,20,21,22). The Morgan fingerprint density at radius 2 is 1.88 bits per heavy atom. The predicted molar refractivity (Wildman–Crippen MR) is 101 cm³/mol. The molecule has 26 heavy (non-hydrogen) atoms. The van der Waals surface area contributed by atoms with Gasteiger partial charge in [0.25, 0.3) is 0 Å². The normalized spacial score (nSPS) is 13.0. The first-order chi connectivity index (χ1) is 12.2. The van der Waals surface area contributed by atoms with Crippen LogP contribution in [0.2, 0.25) is 5.02 Å². The molecular formula is C18H20ClN5O2. The van der Waals surface area contributed by atoms with Crippen molar-refractivity contribution < 1.29 is 9.90 Å². The van der Waals surface area contributed by atoms with Crippen LogP contribution in [0.3, 0.4) is 0 Å². The molecule has 8 heteroatoms. The molecule has 1 unspecified atom stereocenters. The van der Waals surface area contributed by atoms with Crippen LogP contribution in [0.4, 0.5) is 5.82 Å². The van der Waals surface area contributed by atoms with Gasteiger partial charge in [-0.05, 0) is 39.8 Å². The van der Waals surface area contributed by atoms with Gasteiger partial charge in [-0.3, -0.25) is 4.79 Å². The van der Waals surface area contributed by atoms with Crippen LogP contribution < -0.4 is 5.32 Å². The maximum absolute atomic E-state index is 11.4. The molecule has 1 atom stereocenters. The number of Topliss-reactive ketones (excluding diaryl/α,β-unsaturated/α-hetero) is 1. The minimum Gasteiger partial charge on any atom is -0.367 e. The number of halogens is 1. The van der Waals surface area contributed by atoms with Gasteiger partial charge in [-0.2, -0.15) is 5.10 Å². The van der Waals surface area contributed by atoms with E-state index in [1.54, 1.807) is 16.8 Å². The van der Waals surface area contributed by atoms with Crippen LogP contribution in [0.15, 0.2) is 30.6 Å². The van der Waals surface area contributed by atoms with Gasteiger partial charge < -0.3 is 10.4 Å². The number of ketones is 1. The quantitative estimate of drug-likeness (QED) is 0.682. The molecule has 2 heterocycles. The number of nitrogens with one attached hydrogen (secondary N) is 1. The van der Waals surface area contributed by atoms with Gasteiger partial charge in [0.05, 0.1) is 10.9 Å². The number of anilines is 1. The van der Waals surface area contributed by atoms with Crippen molar-refractivity contribution in [3.63, 3.8) is 0 Å². The Kier molecular flexibility index (Phi) is 4.68. The number of carbonyl (C=O) groups excluding carboxylic acids is 1. The van der Waals surface area contributed by atoms with Crippen molar-refractivity contribution in [2.45, 2.75) is 39.5 Å². The average molecular weight is 374 g/mol. The highest BCUT2D eigenvalue weighted by Crippen LogP contribution is 2.34. The SMILES string of the molecule is CC(=O)C(O)Nc1ncnc2c1c(-c1ccc(Cl)cc1)nn2C(C)(C)C. The molecule has 0 fully saturated rings. The molecule has 2 aromatic heterocycles. The minimum absolute atomic E-state index is 0.326. The molecule has 0 radical (unpaired) electrons. The summed E-state index contributed by atoms with van der Waals surface area (Å²) in [7, 11) is 0. The molecule has 0 saturated carbocycles. The van der Waals surface area contributed by atoms with Gasteiger partial charge in [0.1, 0.15) is 17.8 Å². The van der Waals surface area contributed by atoms with Crippen molar-refractivity contribution in [3.8, 4) is 11.3 Å². The van der Waals surface area contributed by atoms with E-state index in [0.29, 0.717) is 27.6 Å². The van der Waals surface area contributed by atoms with Gasteiger partial charge in [-0.15, -0.1) is 0 Å². The van der Waals surface area contributed by atoms with Crippen molar-refractivity contribution in [1.29, 1.82) is 0 Å². The van der Waals surface area contributed by atoms with Crippen LogP contribution >= 0.6 is 11.6 Å². The van der Waals surface area contributed by atoms with Crippen LogP contribution in [0, 0.1) is 0 Å². The molecule has 7 nitrogen and oxygen atoms in total. The Morgan fingerprint density at radius 1 is 1.23 bits per heavy atom. The number of hydrogen-bond donors (Lipinski definition) is 2. The Labute approximate surface area is 156 Å². The van der Waals surface area contributed by atoms with E-state index in [-0.39, 0.29) is 5.54 Å². The number of fused-ring (bicyclic) bond motifs is 1. The van der Waals surface area contributed by atoms with Crippen LogP contribution in [0.5, 0.6) is 0 Å². The lowest BCUT2D eigenvalue weighted by molar-refractivity contribution is -0.123. The first-order valence-corrected chi connectivity index (χ1v) is 8.51. The number of nitrogens with zero attached hydrogens (tertiary/aromatic N) is 4. The second-order valence-electron chi connectivity index (χ2n) is 7.02. The van der Waals surface area contributed by atoms with E-state index in [0.717, 1.165) is 5.56 Å². The molecule has 2 N–H and O–H groups in total. The first-order valence-electron chi connectivity index (χ1n) is 8.13. The van der Waals surface area contributed by atoms with Gasteiger partial charge >= 0.3 is 0 Å². The third kappa shape index (κ3) is 3.40. The summed E-state index contributed by atoms with van der Waals surface area (Å²) in [4.78, 5) is 20.0. The Balaban J connectivity index is 2.28. The molecule has 3 rings (SSSR count). The monoisotopic (exact) mass is 373 g/mol.